The maximum atomic E-state index is 13.6. The number of aliphatic carboxylic acids is 2. The van der Waals surface area contributed by atoms with Gasteiger partial charge in [-0.1, -0.05) is 78.4 Å². The number of carbonyl (C=O) groups is 4. The smallest absolute Gasteiger partial charge is 0.490 e. The molecule has 0 aromatic heterocycles. The largest absolute Gasteiger partial charge is 0.508 e. The van der Waals surface area contributed by atoms with Crippen molar-refractivity contribution in [3.63, 3.8) is 0 Å². The Hall–Kier alpha value is -4.58. The van der Waals surface area contributed by atoms with Crippen LogP contribution in [-0.4, -0.2) is 95.8 Å². The summed E-state index contributed by atoms with van der Waals surface area (Å²) in [6.07, 6.45) is 9.32. The van der Waals surface area contributed by atoms with Gasteiger partial charge >= 0.3 is 24.3 Å². The number of halogens is 6. The minimum absolute atomic E-state index is 0.0635. The van der Waals surface area contributed by atoms with Crippen LogP contribution in [0.5, 0.6) is 11.5 Å². The van der Waals surface area contributed by atoms with Gasteiger partial charge in [-0.15, -0.1) is 0 Å². The molecule has 2 amide bonds. The number of phenols is 2. The fourth-order valence-corrected chi connectivity index (χ4v) is 12.1. The number of carbonyl (C=O) groups excluding carboxylic acids is 2. The molecule has 12 nitrogen and oxygen atoms in total. The number of carboxylic acid groups (broad SMARTS) is 2. The molecule has 4 aliphatic rings. The summed E-state index contributed by atoms with van der Waals surface area (Å²) in [5, 5.41) is 48.5. The van der Waals surface area contributed by atoms with Gasteiger partial charge in [-0.05, 0) is 172 Å². The lowest BCUT2D eigenvalue weighted by atomic mass is 9.49. The highest BCUT2D eigenvalue weighted by molar-refractivity contribution is 5.84. The second-order valence-corrected chi connectivity index (χ2v) is 20.7. The van der Waals surface area contributed by atoms with Crippen LogP contribution in [0.15, 0.2) is 36.4 Å². The summed E-state index contributed by atoms with van der Waals surface area (Å²) in [5.74, 6) is -3.84. The predicted molar refractivity (Wildman–Crippen MR) is 255 cm³/mol. The SMILES string of the molecule is C[C@]1(C(=O)NCCCNCCCCCCCCNCCCNC(=O)[C@@]2(C)CCC[C@]3(C)c4cc(O)ccc4CC[C@@H]23)CCC[C@]2(C)c3cc(O)ccc3CC[C@@H]12.O=C(O)C(F)(F)F.O=C(O)C(F)(F)F. The Morgan fingerprint density at radius 2 is 0.857 bits per heavy atom. The average molecular weight is 999 g/mol. The molecule has 2 fully saturated rings. The van der Waals surface area contributed by atoms with Crippen molar-refractivity contribution < 1.29 is 65.9 Å². The Bertz CT molecular complexity index is 1930. The monoisotopic (exact) mass is 999 g/mol. The number of benzene rings is 2. The maximum Gasteiger partial charge on any atom is 0.490 e. The number of unbranched alkanes of at least 4 members (excludes halogenated alkanes) is 5. The minimum Gasteiger partial charge on any atom is -0.508 e. The Morgan fingerprint density at radius 3 is 1.20 bits per heavy atom. The van der Waals surface area contributed by atoms with Crippen molar-refractivity contribution in [2.24, 2.45) is 22.7 Å². The van der Waals surface area contributed by atoms with Crippen LogP contribution in [0, 0.1) is 22.7 Å². The van der Waals surface area contributed by atoms with Gasteiger partial charge in [0.25, 0.3) is 0 Å². The predicted octanol–water partition coefficient (Wildman–Crippen LogP) is 9.62. The van der Waals surface area contributed by atoms with E-state index in [9.17, 15) is 46.1 Å². The Balaban J connectivity index is 0.000000664. The lowest BCUT2D eigenvalue weighted by Crippen LogP contribution is -2.55. The van der Waals surface area contributed by atoms with E-state index in [2.05, 4.69) is 61.1 Å². The summed E-state index contributed by atoms with van der Waals surface area (Å²) in [6, 6.07) is 11.7. The van der Waals surface area contributed by atoms with E-state index in [0.29, 0.717) is 36.4 Å². The highest BCUT2D eigenvalue weighted by Crippen LogP contribution is 2.59. The van der Waals surface area contributed by atoms with Crippen molar-refractivity contribution in [1.29, 1.82) is 0 Å². The van der Waals surface area contributed by atoms with Crippen LogP contribution >= 0.6 is 0 Å². The molecule has 0 heterocycles. The fraction of sp³-hybridized carbons (Fsp3) is 0.692. The zero-order chi connectivity index (χ0) is 52.0. The van der Waals surface area contributed by atoms with Crippen molar-refractivity contribution in [2.75, 3.05) is 39.3 Å². The van der Waals surface area contributed by atoms with E-state index >= 15 is 0 Å². The lowest BCUT2D eigenvalue weighted by Gasteiger charge is -2.54. The molecule has 18 heteroatoms. The third-order valence-corrected chi connectivity index (χ3v) is 15.8. The average Bonchev–Trinajstić information content (AvgIpc) is 3.28. The van der Waals surface area contributed by atoms with Gasteiger partial charge in [0.1, 0.15) is 11.5 Å². The van der Waals surface area contributed by atoms with E-state index in [0.717, 1.165) is 103 Å². The number of nitrogens with one attached hydrogen (secondary N) is 4. The second kappa shape index (κ2) is 25.2. The molecular formula is C52H76F6N4O8. The van der Waals surface area contributed by atoms with Gasteiger partial charge in [0, 0.05) is 13.1 Å². The quantitative estimate of drug-likeness (QED) is 0.0496. The van der Waals surface area contributed by atoms with E-state index in [1.165, 1.54) is 60.8 Å². The first-order valence-electron chi connectivity index (χ1n) is 25.0. The molecule has 6 atom stereocenters. The van der Waals surface area contributed by atoms with Crippen LogP contribution in [0.1, 0.15) is 153 Å². The van der Waals surface area contributed by atoms with Gasteiger partial charge in [-0.25, -0.2) is 9.59 Å². The van der Waals surface area contributed by atoms with E-state index in [1.54, 1.807) is 12.1 Å². The standard InChI is InChI=1S/C48H74N4O4.2C2HF3O2/c1-45-23-11-25-47(3,41(45)21-17-35-15-19-37(53)33-39(35)45)43(55)51-31-13-29-49-27-9-7-5-6-8-10-28-50-30-14-32-52-44(56)48(4)26-12-24-46(2)40-34-38(54)20-16-36(40)18-22-42(46)48;2*3-2(4,5)1(6)7/h15-16,19-20,33-34,41-42,49-50,53-54H,5-14,17-18,21-32H2,1-4H3,(H,51,55)(H,52,56);2*(H,6,7)/t41-,42-,45-,46-,47+,48+;;/m1../s1. The van der Waals surface area contributed by atoms with Crippen LogP contribution in [-0.2, 0) is 42.8 Å². The van der Waals surface area contributed by atoms with Gasteiger partial charge in [-0.2, -0.15) is 26.3 Å². The Morgan fingerprint density at radius 1 is 0.529 bits per heavy atom. The van der Waals surface area contributed by atoms with Crippen molar-refractivity contribution in [2.45, 2.75) is 166 Å². The van der Waals surface area contributed by atoms with Crippen LogP contribution in [0.25, 0.3) is 0 Å². The number of hydrogen-bond acceptors (Lipinski definition) is 8. The van der Waals surface area contributed by atoms with Crippen LogP contribution < -0.4 is 21.3 Å². The third-order valence-electron chi connectivity index (χ3n) is 15.8. The Labute approximate surface area is 408 Å². The first-order chi connectivity index (χ1) is 32.8. The molecule has 394 valence electrons. The third kappa shape index (κ3) is 15.0. The zero-order valence-corrected chi connectivity index (χ0v) is 41.3. The van der Waals surface area contributed by atoms with E-state index in [-0.39, 0.29) is 33.5 Å². The summed E-state index contributed by atoms with van der Waals surface area (Å²) in [5.41, 5.74) is 4.32. The molecule has 0 aliphatic heterocycles. The highest BCUT2D eigenvalue weighted by atomic mass is 19.4. The van der Waals surface area contributed by atoms with Gasteiger partial charge in [0.05, 0.1) is 10.8 Å². The summed E-state index contributed by atoms with van der Waals surface area (Å²) in [7, 11) is 0. The molecule has 8 N–H and O–H groups in total. The second-order valence-electron chi connectivity index (χ2n) is 20.7. The molecule has 2 saturated carbocycles. The molecule has 0 unspecified atom stereocenters. The van der Waals surface area contributed by atoms with Crippen molar-refractivity contribution >= 4 is 23.8 Å². The molecule has 4 aliphatic carbocycles. The summed E-state index contributed by atoms with van der Waals surface area (Å²) in [6.45, 7) is 14.4. The summed E-state index contributed by atoms with van der Waals surface area (Å²) in [4.78, 5) is 45.0. The molecule has 0 saturated heterocycles. The van der Waals surface area contributed by atoms with E-state index < -0.39 is 24.3 Å². The maximum absolute atomic E-state index is 13.6. The van der Waals surface area contributed by atoms with Crippen molar-refractivity contribution in [1.82, 2.24) is 21.3 Å². The van der Waals surface area contributed by atoms with Gasteiger partial charge in [0.15, 0.2) is 0 Å². The van der Waals surface area contributed by atoms with Crippen LogP contribution in [0.4, 0.5) is 26.3 Å². The number of aryl methyl sites for hydroxylation is 2. The molecule has 70 heavy (non-hydrogen) atoms. The number of alkyl halides is 6. The van der Waals surface area contributed by atoms with E-state index in [4.69, 9.17) is 19.8 Å². The number of hydrogen-bond donors (Lipinski definition) is 8. The van der Waals surface area contributed by atoms with Gasteiger partial charge in [0.2, 0.25) is 11.8 Å². The minimum atomic E-state index is -5.08. The number of rotatable bonds is 19. The molecule has 6 rings (SSSR count). The number of amides is 2. The summed E-state index contributed by atoms with van der Waals surface area (Å²) < 4.78 is 63.5. The molecule has 2 aromatic rings. The fourth-order valence-electron chi connectivity index (χ4n) is 12.1. The van der Waals surface area contributed by atoms with Crippen molar-refractivity contribution in [3.8, 4) is 11.5 Å². The number of carboxylic acids is 2. The molecule has 0 spiro atoms. The first-order valence-corrected chi connectivity index (χ1v) is 25.0. The van der Waals surface area contributed by atoms with Gasteiger partial charge < -0.3 is 41.7 Å². The first kappa shape index (κ1) is 58.0. The Kier molecular flexibility index (Phi) is 20.9. The number of fused-ring (bicyclic) bond motifs is 6. The molecular weight excluding hydrogens is 923 g/mol. The van der Waals surface area contributed by atoms with E-state index in [1.807, 2.05) is 12.1 Å². The summed E-state index contributed by atoms with van der Waals surface area (Å²) >= 11 is 0. The highest BCUT2D eigenvalue weighted by Gasteiger charge is 2.56. The topological polar surface area (TPSA) is 197 Å². The van der Waals surface area contributed by atoms with Crippen LogP contribution in [0.3, 0.4) is 0 Å². The molecule has 0 radical (unpaired) electrons. The van der Waals surface area contributed by atoms with Crippen LogP contribution in [0.2, 0.25) is 0 Å². The molecule has 0 bridgehead atoms. The zero-order valence-electron chi connectivity index (χ0n) is 41.3. The van der Waals surface area contributed by atoms with Gasteiger partial charge in [-0.3, -0.25) is 9.59 Å². The number of phenolic OH excluding ortho intramolecular Hbond substituents is 2. The molecule has 2 aromatic carbocycles. The number of aromatic hydroxyl groups is 2. The lowest BCUT2D eigenvalue weighted by molar-refractivity contribution is -0.193. The van der Waals surface area contributed by atoms with Crippen molar-refractivity contribution in [3.05, 3.63) is 58.7 Å². The normalized spacial score (nSPS) is 25.7.